The predicted octanol–water partition coefficient (Wildman–Crippen LogP) is 3.78. The molecule has 0 saturated carbocycles. The molecule has 3 nitrogen and oxygen atoms in total. The van der Waals surface area contributed by atoms with E-state index in [4.69, 9.17) is 4.74 Å². The van der Waals surface area contributed by atoms with E-state index in [1.54, 1.807) is 24.5 Å². The van der Waals surface area contributed by atoms with Crippen LogP contribution in [0.1, 0.15) is 0 Å². The van der Waals surface area contributed by atoms with Gasteiger partial charge in [-0.1, -0.05) is 0 Å². The fourth-order valence-electron chi connectivity index (χ4n) is 0.999. The van der Waals surface area contributed by atoms with Gasteiger partial charge in [-0.15, -0.1) is 0 Å². The molecule has 0 amide bonds. The van der Waals surface area contributed by atoms with E-state index in [2.05, 4.69) is 48.5 Å². The van der Waals surface area contributed by atoms with E-state index >= 15 is 0 Å². The Labute approximate surface area is 113 Å². The maximum absolute atomic E-state index is 13.2. The van der Waals surface area contributed by atoms with Gasteiger partial charge in [0.05, 0.1) is 4.47 Å². The second-order valence-electron chi connectivity index (χ2n) is 2.86. The maximum atomic E-state index is 13.2. The molecule has 1 aromatic carbocycles. The Bertz CT molecular complexity index is 507. The third kappa shape index (κ3) is 2.88. The van der Waals surface area contributed by atoms with E-state index in [1.165, 1.54) is 6.07 Å². The van der Waals surface area contributed by atoms with Crippen molar-refractivity contribution in [3.05, 3.63) is 44.5 Å². The standard InChI is InChI=1S/C10H5BrFIN2O/c11-8-2-1-7(3-9(8)12)16-10-14-4-6(13)5-15-10/h1-5H. The largest absolute Gasteiger partial charge is 0.424 e. The van der Waals surface area contributed by atoms with Crippen molar-refractivity contribution in [3.8, 4) is 11.8 Å². The maximum Gasteiger partial charge on any atom is 0.321 e. The Morgan fingerprint density at radius 2 is 1.94 bits per heavy atom. The van der Waals surface area contributed by atoms with Gasteiger partial charge in [-0.3, -0.25) is 0 Å². The van der Waals surface area contributed by atoms with E-state index in [9.17, 15) is 4.39 Å². The average Bonchev–Trinajstić information content (AvgIpc) is 2.27. The highest BCUT2D eigenvalue weighted by Crippen LogP contribution is 2.23. The van der Waals surface area contributed by atoms with Gasteiger partial charge in [0.25, 0.3) is 0 Å². The van der Waals surface area contributed by atoms with Crippen LogP contribution in [0.3, 0.4) is 0 Å². The highest BCUT2D eigenvalue weighted by molar-refractivity contribution is 14.1. The Morgan fingerprint density at radius 3 is 2.56 bits per heavy atom. The number of hydrogen-bond acceptors (Lipinski definition) is 3. The van der Waals surface area contributed by atoms with Crippen LogP contribution in [-0.2, 0) is 0 Å². The lowest BCUT2D eigenvalue weighted by Gasteiger charge is -2.03. The summed E-state index contributed by atoms with van der Waals surface area (Å²) in [5.41, 5.74) is 0. The van der Waals surface area contributed by atoms with Crippen molar-refractivity contribution in [2.24, 2.45) is 0 Å². The summed E-state index contributed by atoms with van der Waals surface area (Å²) in [4.78, 5) is 7.90. The molecule has 1 heterocycles. The molecule has 0 fully saturated rings. The fourth-order valence-corrected chi connectivity index (χ4v) is 1.52. The van der Waals surface area contributed by atoms with E-state index in [-0.39, 0.29) is 11.8 Å². The van der Waals surface area contributed by atoms with Crippen LogP contribution in [-0.4, -0.2) is 9.97 Å². The van der Waals surface area contributed by atoms with Crippen LogP contribution in [0, 0.1) is 9.39 Å². The first-order chi connectivity index (χ1) is 7.65. The van der Waals surface area contributed by atoms with Crippen molar-refractivity contribution in [2.45, 2.75) is 0 Å². The lowest BCUT2D eigenvalue weighted by atomic mass is 10.3. The highest BCUT2D eigenvalue weighted by atomic mass is 127. The smallest absolute Gasteiger partial charge is 0.321 e. The lowest BCUT2D eigenvalue weighted by molar-refractivity contribution is 0.437. The first-order valence-electron chi connectivity index (χ1n) is 4.25. The molecule has 0 aliphatic carbocycles. The second kappa shape index (κ2) is 5.05. The number of aromatic nitrogens is 2. The summed E-state index contributed by atoms with van der Waals surface area (Å²) in [7, 11) is 0. The van der Waals surface area contributed by atoms with Crippen LogP contribution in [0.25, 0.3) is 0 Å². The molecular formula is C10H5BrFIN2O. The molecule has 0 atom stereocenters. The van der Waals surface area contributed by atoms with Crippen molar-refractivity contribution >= 4 is 38.5 Å². The molecule has 0 saturated heterocycles. The number of nitrogens with zero attached hydrogens (tertiary/aromatic N) is 2. The molecule has 2 aromatic rings. The minimum absolute atomic E-state index is 0.196. The monoisotopic (exact) mass is 394 g/mol. The van der Waals surface area contributed by atoms with Crippen molar-refractivity contribution in [2.75, 3.05) is 0 Å². The molecule has 0 bridgehead atoms. The molecule has 0 unspecified atom stereocenters. The number of benzene rings is 1. The minimum atomic E-state index is -0.386. The molecule has 16 heavy (non-hydrogen) atoms. The van der Waals surface area contributed by atoms with E-state index in [0.29, 0.717) is 10.2 Å². The topological polar surface area (TPSA) is 35.0 Å². The molecule has 2 rings (SSSR count). The van der Waals surface area contributed by atoms with Crippen LogP contribution in [0.15, 0.2) is 35.1 Å². The predicted molar refractivity (Wildman–Crippen MR) is 68.9 cm³/mol. The average molecular weight is 395 g/mol. The molecule has 0 radical (unpaired) electrons. The van der Waals surface area contributed by atoms with Gasteiger partial charge in [-0.25, -0.2) is 14.4 Å². The van der Waals surface area contributed by atoms with Crippen molar-refractivity contribution in [1.29, 1.82) is 0 Å². The molecule has 6 heteroatoms. The van der Waals surface area contributed by atoms with Gasteiger partial charge in [0.15, 0.2) is 0 Å². The van der Waals surface area contributed by atoms with Gasteiger partial charge in [-0.2, -0.15) is 0 Å². The summed E-state index contributed by atoms with van der Waals surface area (Å²) in [5.74, 6) is -0.0232. The number of rotatable bonds is 2. The summed E-state index contributed by atoms with van der Waals surface area (Å²) in [6.07, 6.45) is 3.25. The Hall–Kier alpha value is -0.760. The van der Waals surface area contributed by atoms with Crippen LogP contribution in [0.4, 0.5) is 4.39 Å². The minimum Gasteiger partial charge on any atom is -0.424 e. The van der Waals surface area contributed by atoms with Crippen LogP contribution in [0.2, 0.25) is 0 Å². The Balaban J connectivity index is 2.20. The summed E-state index contributed by atoms with van der Waals surface area (Å²) in [5, 5.41) is 0. The lowest BCUT2D eigenvalue weighted by Crippen LogP contribution is -1.92. The number of halogens is 3. The molecule has 0 spiro atoms. The van der Waals surface area contributed by atoms with Gasteiger partial charge in [0.1, 0.15) is 11.6 Å². The molecular weight excluding hydrogens is 390 g/mol. The number of hydrogen-bond donors (Lipinski definition) is 0. The Morgan fingerprint density at radius 1 is 1.25 bits per heavy atom. The SMILES string of the molecule is Fc1cc(Oc2ncc(I)cn2)ccc1Br. The molecule has 82 valence electrons. The fraction of sp³-hybridized carbons (Fsp3) is 0. The summed E-state index contributed by atoms with van der Waals surface area (Å²) in [6, 6.07) is 4.67. The summed E-state index contributed by atoms with van der Waals surface area (Å²) < 4.78 is 19.8. The van der Waals surface area contributed by atoms with Crippen LogP contribution < -0.4 is 4.74 Å². The van der Waals surface area contributed by atoms with Gasteiger partial charge < -0.3 is 4.74 Å². The quantitative estimate of drug-likeness (QED) is 0.727. The van der Waals surface area contributed by atoms with Crippen molar-refractivity contribution in [1.82, 2.24) is 9.97 Å². The van der Waals surface area contributed by atoms with E-state index in [1.807, 2.05) is 0 Å². The number of ether oxygens (including phenoxy) is 1. The second-order valence-corrected chi connectivity index (χ2v) is 4.96. The molecule has 0 aliphatic heterocycles. The van der Waals surface area contributed by atoms with Crippen molar-refractivity contribution < 1.29 is 9.13 Å². The van der Waals surface area contributed by atoms with E-state index in [0.717, 1.165) is 3.57 Å². The first-order valence-corrected chi connectivity index (χ1v) is 6.13. The van der Waals surface area contributed by atoms with Crippen molar-refractivity contribution in [3.63, 3.8) is 0 Å². The van der Waals surface area contributed by atoms with Gasteiger partial charge in [0, 0.05) is 22.0 Å². The zero-order chi connectivity index (χ0) is 11.5. The third-order valence-electron chi connectivity index (χ3n) is 1.70. The summed E-state index contributed by atoms with van der Waals surface area (Å²) in [6.45, 7) is 0. The normalized spacial score (nSPS) is 10.2. The van der Waals surface area contributed by atoms with Gasteiger partial charge >= 0.3 is 6.01 Å². The molecule has 0 aliphatic rings. The zero-order valence-corrected chi connectivity index (χ0v) is 11.6. The van der Waals surface area contributed by atoms with Crippen LogP contribution in [0.5, 0.6) is 11.8 Å². The first kappa shape index (κ1) is 11.7. The third-order valence-corrected chi connectivity index (χ3v) is 2.90. The zero-order valence-electron chi connectivity index (χ0n) is 7.82. The van der Waals surface area contributed by atoms with Gasteiger partial charge in [-0.05, 0) is 50.7 Å². The summed E-state index contributed by atoms with van der Waals surface area (Å²) >= 11 is 5.15. The van der Waals surface area contributed by atoms with Crippen LogP contribution >= 0.6 is 38.5 Å². The molecule has 0 N–H and O–H groups in total. The van der Waals surface area contributed by atoms with Gasteiger partial charge in [0.2, 0.25) is 0 Å². The Kier molecular flexibility index (Phi) is 3.70. The van der Waals surface area contributed by atoms with E-state index < -0.39 is 0 Å². The highest BCUT2D eigenvalue weighted by Gasteiger charge is 2.04. The molecule has 1 aromatic heterocycles.